The van der Waals surface area contributed by atoms with Gasteiger partial charge in [-0.3, -0.25) is 4.79 Å². The molecule has 0 aliphatic heterocycles. The molecular formula is C23H22N4O4S2. The number of nitrogens with zero attached hydrogens (tertiary/aromatic N) is 2. The van der Waals surface area contributed by atoms with Crippen LogP contribution in [0.25, 0.3) is 6.08 Å². The van der Waals surface area contributed by atoms with Gasteiger partial charge in [-0.15, -0.1) is 11.3 Å². The van der Waals surface area contributed by atoms with Crippen LogP contribution in [0.1, 0.15) is 39.4 Å². The maximum atomic E-state index is 12.3. The van der Waals surface area contributed by atoms with Crippen molar-refractivity contribution in [2.24, 2.45) is 5.92 Å². The van der Waals surface area contributed by atoms with E-state index < -0.39 is 6.09 Å². The van der Waals surface area contributed by atoms with Crippen molar-refractivity contribution in [3.05, 3.63) is 62.0 Å². The number of anilines is 1. The monoisotopic (exact) mass is 482 g/mol. The summed E-state index contributed by atoms with van der Waals surface area (Å²) < 4.78 is 10.3. The number of aromatic nitrogens is 1. The van der Waals surface area contributed by atoms with E-state index in [1.54, 1.807) is 30.4 Å². The number of ether oxygens (including phenoxy) is 1. The maximum absolute atomic E-state index is 12.3. The Bertz CT molecular complexity index is 1200. The number of rotatable bonds is 7. The molecule has 0 radical (unpaired) electrons. The van der Waals surface area contributed by atoms with Gasteiger partial charge in [0.15, 0.2) is 0 Å². The van der Waals surface area contributed by atoms with Crippen molar-refractivity contribution >= 4 is 45.8 Å². The first-order valence-corrected chi connectivity index (χ1v) is 12.2. The summed E-state index contributed by atoms with van der Waals surface area (Å²) in [5.41, 5.74) is 3.12. The number of amides is 2. The van der Waals surface area contributed by atoms with Crippen molar-refractivity contribution in [2.75, 3.05) is 11.9 Å². The molecule has 2 amide bonds. The van der Waals surface area contributed by atoms with E-state index in [2.05, 4.69) is 21.9 Å². The van der Waals surface area contributed by atoms with Gasteiger partial charge in [-0.05, 0) is 66.1 Å². The zero-order chi connectivity index (χ0) is 23.2. The van der Waals surface area contributed by atoms with Crippen LogP contribution in [-0.2, 0) is 28.9 Å². The number of carbonyl (C=O) groups is 2. The molecule has 3 heterocycles. The van der Waals surface area contributed by atoms with Gasteiger partial charge in [-0.25, -0.2) is 4.79 Å². The number of thiophene rings is 2. The van der Waals surface area contributed by atoms with Crippen molar-refractivity contribution in [3.8, 4) is 6.07 Å². The number of hydrogen-bond donors (Lipinski definition) is 2. The summed E-state index contributed by atoms with van der Waals surface area (Å²) in [5.74, 6) is 0.569. The standard InChI is InChI=1S/C23H22N4O4S2/c1-14-8-17(27-31-14)11-25-23(29)30-12-16-2-4-18-19(10-24)22(33-20(18)9-16)26-21(28)5-3-15-6-7-32-13-15/h3,5-8,13,16H,2,4,9,11-12H2,1H3,(H,25,29)(H,26,28). The molecule has 0 saturated heterocycles. The Balaban J connectivity index is 1.31. The normalized spacial score (nSPS) is 15.1. The number of alkyl carbamates (subject to hydrolysis) is 1. The van der Waals surface area contributed by atoms with Crippen molar-refractivity contribution in [1.29, 1.82) is 5.26 Å². The molecule has 170 valence electrons. The van der Waals surface area contributed by atoms with Crippen LogP contribution >= 0.6 is 22.7 Å². The molecule has 3 aromatic rings. The fourth-order valence-electron chi connectivity index (χ4n) is 3.61. The van der Waals surface area contributed by atoms with Crippen molar-refractivity contribution in [1.82, 2.24) is 10.5 Å². The van der Waals surface area contributed by atoms with Gasteiger partial charge < -0.3 is 19.9 Å². The first kappa shape index (κ1) is 22.8. The molecule has 0 saturated carbocycles. The Hall–Kier alpha value is -3.42. The van der Waals surface area contributed by atoms with Crippen molar-refractivity contribution in [2.45, 2.75) is 32.7 Å². The summed E-state index contributed by atoms with van der Waals surface area (Å²) in [6.07, 6.45) is 4.93. The maximum Gasteiger partial charge on any atom is 0.407 e. The highest BCUT2D eigenvalue weighted by molar-refractivity contribution is 7.16. The lowest BCUT2D eigenvalue weighted by atomic mass is 9.88. The van der Waals surface area contributed by atoms with Gasteiger partial charge in [0.1, 0.15) is 22.5 Å². The molecule has 1 aliphatic rings. The van der Waals surface area contributed by atoms with E-state index in [4.69, 9.17) is 9.26 Å². The smallest absolute Gasteiger partial charge is 0.407 e. The van der Waals surface area contributed by atoms with E-state index in [0.29, 0.717) is 34.9 Å². The van der Waals surface area contributed by atoms with Gasteiger partial charge in [0, 0.05) is 17.0 Å². The van der Waals surface area contributed by atoms with E-state index in [1.165, 1.54) is 17.4 Å². The molecule has 0 fully saturated rings. The summed E-state index contributed by atoms with van der Waals surface area (Å²) in [5, 5.41) is 23.4. The highest BCUT2D eigenvalue weighted by Gasteiger charge is 2.27. The predicted molar refractivity (Wildman–Crippen MR) is 126 cm³/mol. The average Bonchev–Trinajstić information content (AvgIpc) is 3.54. The summed E-state index contributed by atoms with van der Waals surface area (Å²) in [6.45, 7) is 2.31. The fraction of sp³-hybridized carbons (Fsp3) is 0.304. The van der Waals surface area contributed by atoms with Crippen LogP contribution in [0.15, 0.2) is 33.5 Å². The number of aryl methyl sites for hydroxylation is 1. The van der Waals surface area contributed by atoms with Gasteiger partial charge in [0.05, 0.1) is 18.7 Å². The molecule has 8 nitrogen and oxygen atoms in total. The zero-order valence-corrected chi connectivity index (χ0v) is 19.6. The second-order valence-electron chi connectivity index (χ2n) is 7.69. The highest BCUT2D eigenvalue weighted by atomic mass is 32.1. The van der Waals surface area contributed by atoms with Crippen molar-refractivity contribution in [3.63, 3.8) is 0 Å². The third-order valence-corrected chi connectivity index (χ3v) is 7.10. The molecule has 1 aliphatic carbocycles. The molecule has 0 spiro atoms. The Labute approximate surface area is 198 Å². The molecule has 1 unspecified atom stereocenters. The van der Waals surface area contributed by atoms with Crippen LogP contribution < -0.4 is 10.6 Å². The van der Waals surface area contributed by atoms with Crippen LogP contribution in [0.2, 0.25) is 0 Å². The van der Waals surface area contributed by atoms with Crippen LogP contribution in [0.3, 0.4) is 0 Å². The molecule has 3 aromatic heterocycles. The predicted octanol–water partition coefficient (Wildman–Crippen LogP) is 4.66. The Morgan fingerprint density at radius 1 is 1.45 bits per heavy atom. The quantitative estimate of drug-likeness (QED) is 0.473. The Kier molecular flexibility index (Phi) is 7.22. The number of hydrogen-bond acceptors (Lipinski definition) is 8. The third-order valence-electron chi connectivity index (χ3n) is 5.23. The summed E-state index contributed by atoms with van der Waals surface area (Å²) in [4.78, 5) is 25.4. The average molecular weight is 483 g/mol. The highest BCUT2D eigenvalue weighted by Crippen LogP contribution is 2.39. The topological polar surface area (TPSA) is 117 Å². The van der Waals surface area contributed by atoms with E-state index >= 15 is 0 Å². The van der Waals surface area contributed by atoms with Gasteiger partial charge in [0.2, 0.25) is 5.91 Å². The molecule has 10 heteroatoms. The summed E-state index contributed by atoms with van der Waals surface area (Å²) >= 11 is 2.99. The van der Waals surface area contributed by atoms with E-state index in [-0.39, 0.29) is 25.0 Å². The lowest BCUT2D eigenvalue weighted by Crippen LogP contribution is -2.27. The van der Waals surface area contributed by atoms with E-state index in [9.17, 15) is 14.9 Å². The van der Waals surface area contributed by atoms with E-state index in [0.717, 1.165) is 22.4 Å². The minimum absolute atomic E-state index is 0.157. The number of fused-ring (bicyclic) bond motifs is 1. The van der Waals surface area contributed by atoms with Crippen LogP contribution in [0.5, 0.6) is 0 Å². The molecule has 1 atom stereocenters. The third kappa shape index (κ3) is 5.88. The fourth-order valence-corrected chi connectivity index (χ4v) is 5.55. The SMILES string of the molecule is Cc1cc(CNC(=O)OCC2CCc3c(sc(NC(=O)C=Cc4ccsc4)c3C#N)C2)no1. The summed E-state index contributed by atoms with van der Waals surface area (Å²) in [6, 6.07) is 5.92. The second kappa shape index (κ2) is 10.5. The van der Waals surface area contributed by atoms with E-state index in [1.807, 2.05) is 16.8 Å². The molecule has 33 heavy (non-hydrogen) atoms. The Morgan fingerprint density at radius 2 is 2.33 bits per heavy atom. The van der Waals surface area contributed by atoms with Gasteiger partial charge in [0.25, 0.3) is 0 Å². The molecule has 0 bridgehead atoms. The molecule has 2 N–H and O–H groups in total. The number of nitriles is 1. The lowest BCUT2D eigenvalue weighted by Gasteiger charge is -2.21. The first-order chi connectivity index (χ1) is 16.0. The lowest BCUT2D eigenvalue weighted by molar-refractivity contribution is -0.111. The van der Waals surface area contributed by atoms with Crippen LogP contribution in [0, 0.1) is 24.2 Å². The van der Waals surface area contributed by atoms with Crippen LogP contribution in [0.4, 0.5) is 9.80 Å². The van der Waals surface area contributed by atoms with Gasteiger partial charge in [-0.1, -0.05) is 5.16 Å². The van der Waals surface area contributed by atoms with Crippen LogP contribution in [-0.4, -0.2) is 23.8 Å². The first-order valence-electron chi connectivity index (χ1n) is 10.4. The Morgan fingerprint density at radius 3 is 3.06 bits per heavy atom. The molecular weight excluding hydrogens is 460 g/mol. The number of nitrogens with one attached hydrogen (secondary N) is 2. The van der Waals surface area contributed by atoms with Gasteiger partial charge in [-0.2, -0.15) is 16.6 Å². The molecule has 0 aromatic carbocycles. The van der Waals surface area contributed by atoms with Gasteiger partial charge >= 0.3 is 6.09 Å². The zero-order valence-electron chi connectivity index (χ0n) is 17.9. The minimum Gasteiger partial charge on any atom is -0.449 e. The summed E-state index contributed by atoms with van der Waals surface area (Å²) in [7, 11) is 0. The number of carbonyl (C=O) groups excluding carboxylic acids is 2. The van der Waals surface area contributed by atoms with Crippen molar-refractivity contribution < 1.29 is 18.8 Å². The minimum atomic E-state index is -0.504. The largest absolute Gasteiger partial charge is 0.449 e. The molecule has 4 rings (SSSR count). The second-order valence-corrected chi connectivity index (χ2v) is 9.57.